The van der Waals surface area contributed by atoms with E-state index in [0.29, 0.717) is 15.3 Å². The lowest BCUT2D eigenvalue weighted by Gasteiger charge is -1.93. The summed E-state index contributed by atoms with van der Waals surface area (Å²) < 4.78 is 0. The van der Waals surface area contributed by atoms with Crippen LogP contribution in [0.15, 0.2) is 30.3 Å². The minimum Gasteiger partial charge on any atom is -0.241 e. The number of hydrogen-bond donors (Lipinski definition) is 0. The molecule has 0 unspecified atom stereocenters. The lowest BCUT2D eigenvalue weighted by atomic mass is 10.4. The van der Waals surface area contributed by atoms with Crippen LogP contribution in [0, 0.1) is 13.8 Å². The smallest absolute Gasteiger partial charge is 0.147 e. The molecule has 2 aromatic rings. The van der Waals surface area contributed by atoms with Gasteiger partial charge in [0.15, 0.2) is 0 Å². The van der Waals surface area contributed by atoms with Gasteiger partial charge in [0.05, 0.1) is 5.02 Å². The summed E-state index contributed by atoms with van der Waals surface area (Å²) in [6.07, 6.45) is 0. The van der Waals surface area contributed by atoms with E-state index in [1.165, 1.54) is 0 Å². The number of rotatable bonds is 0. The van der Waals surface area contributed by atoms with Crippen molar-refractivity contribution in [1.82, 2.24) is 9.97 Å². The maximum absolute atomic E-state index is 5.59. The molecular formula is C12H11Cl3N2. The Bertz CT molecular complexity index is 484. The van der Waals surface area contributed by atoms with Crippen molar-refractivity contribution < 1.29 is 0 Å². The molecule has 0 radical (unpaired) electrons. The van der Waals surface area contributed by atoms with Gasteiger partial charge < -0.3 is 0 Å². The van der Waals surface area contributed by atoms with Crippen molar-refractivity contribution >= 4 is 34.8 Å². The molecule has 0 spiro atoms. The Morgan fingerprint density at radius 2 is 1.47 bits per heavy atom. The first kappa shape index (κ1) is 14.2. The van der Waals surface area contributed by atoms with Crippen molar-refractivity contribution in [2.75, 3.05) is 0 Å². The van der Waals surface area contributed by atoms with Crippen LogP contribution in [0.1, 0.15) is 11.4 Å². The molecule has 0 fully saturated rings. The Morgan fingerprint density at radius 1 is 0.824 bits per heavy atom. The van der Waals surface area contributed by atoms with Gasteiger partial charge in [-0.2, -0.15) is 0 Å². The Morgan fingerprint density at radius 3 is 1.88 bits per heavy atom. The van der Waals surface area contributed by atoms with Crippen LogP contribution in [0.2, 0.25) is 15.3 Å². The van der Waals surface area contributed by atoms with E-state index in [0.717, 1.165) is 11.4 Å². The second kappa shape index (κ2) is 6.80. The normalized spacial score (nSPS) is 9.47. The zero-order valence-electron chi connectivity index (χ0n) is 9.42. The van der Waals surface area contributed by atoms with Crippen molar-refractivity contribution in [2.45, 2.75) is 13.8 Å². The fourth-order valence-corrected chi connectivity index (χ4v) is 1.53. The van der Waals surface area contributed by atoms with E-state index in [9.17, 15) is 0 Å². The van der Waals surface area contributed by atoms with Crippen LogP contribution >= 0.6 is 34.8 Å². The number of hydrogen-bond acceptors (Lipinski definition) is 2. The van der Waals surface area contributed by atoms with Crippen molar-refractivity contribution in [2.24, 2.45) is 0 Å². The van der Waals surface area contributed by atoms with E-state index in [4.69, 9.17) is 34.8 Å². The van der Waals surface area contributed by atoms with Crippen molar-refractivity contribution in [3.05, 3.63) is 57.0 Å². The van der Waals surface area contributed by atoms with E-state index < -0.39 is 0 Å². The van der Waals surface area contributed by atoms with Crippen molar-refractivity contribution in [1.29, 1.82) is 0 Å². The summed E-state index contributed by atoms with van der Waals surface area (Å²) in [6, 6.07) is 9.09. The number of halogens is 3. The fraction of sp³-hybridized carbons (Fsp3) is 0.167. The molecule has 0 aliphatic carbocycles. The zero-order valence-corrected chi connectivity index (χ0v) is 11.7. The maximum atomic E-state index is 5.59. The lowest BCUT2D eigenvalue weighted by Crippen LogP contribution is -1.79. The third-order valence-electron chi connectivity index (χ3n) is 1.80. The van der Waals surface area contributed by atoms with Gasteiger partial charge in [0, 0.05) is 11.4 Å². The quantitative estimate of drug-likeness (QED) is 0.655. The molecule has 0 atom stereocenters. The summed E-state index contributed by atoms with van der Waals surface area (Å²) >= 11 is 16.7. The van der Waals surface area contributed by atoms with Gasteiger partial charge in [-0.15, -0.1) is 0 Å². The molecule has 0 aromatic carbocycles. The highest BCUT2D eigenvalue weighted by Gasteiger charge is 1.95. The second-order valence-electron chi connectivity index (χ2n) is 3.33. The van der Waals surface area contributed by atoms with E-state index in [2.05, 4.69) is 9.97 Å². The van der Waals surface area contributed by atoms with Crippen LogP contribution in [-0.2, 0) is 0 Å². The molecule has 2 aromatic heterocycles. The molecule has 2 heterocycles. The average Bonchev–Trinajstić information content (AvgIpc) is 2.24. The summed E-state index contributed by atoms with van der Waals surface area (Å²) in [5, 5.41) is 1.43. The van der Waals surface area contributed by atoms with Gasteiger partial charge in [0.1, 0.15) is 10.3 Å². The van der Waals surface area contributed by atoms with Crippen LogP contribution in [-0.4, -0.2) is 9.97 Å². The molecule has 2 nitrogen and oxygen atoms in total. The summed E-state index contributed by atoms with van der Waals surface area (Å²) in [7, 11) is 0. The topological polar surface area (TPSA) is 25.8 Å². The SMILES string of the molecule is Cc1ccc(Cl)c(Cl)n1.Cc1cccc(Cl)n1. The number of aromatic nitrogens is 2. The predicted molar refractivity (Wildman–Crippen MR) is 73.0 cm³/mol. The molecule has 90 valence electrons. The first-order valence-corrected chi connectivity index (χ1v) is 6.00. The molecule has 0 bridgehead atoms. The van der Waals surface area contributed by atoms with E-state index in [1.54, 1.807) is 12.1 Å². The lowest BCUT2D eigenvalue weighted by molar-refractivity contribution is 1.20. The molecule has 5 heteroatoms. The predicted octanol–water partition coefficient (Wildman–Crippen LogP) is 4.74. The van der Waals surface area contributed by atoms with E-state index in [-0.39, 0.29) is 0 Å². The van der Waals surface area contributed by atoms with Crippen LogP contribution in [0.5, 0.6) is 0 Å². The third-order valence-corrected chi connectivity index (χ3v) is 2.70. The number of pyridine rings is 2. The Labute approximate surface area is 116 Å². The molecule has 17 heavy (non-hydrogen) atoms. The van der Waals surface area contributed by atoms with E-state index in [1.807, 2.05) is 32.0 Å². The largest absolute Gasteiger partial charge is 0.241 e. The molecule has 2 rings (SSSR count). The van der Waals surface area contributed by atoms with Crippen LogP contribution in [0.25, 0.3) is 0 Å². The maximum Gasteiger partial charge on any atom is 0.147 e. The molecule has 0 N–H and O–H groups in total. The molecule has 0 saturated heterocycles. The minimum atomic E-state index is 0.372. The Kier molecular flexibility index (Phi) is 5.69. The summed E-state index contributed by atoms with van der Waals surface area (Å²) in [4.78, 5) is 7.85. The molecule has 0 aliphatic rings. The Hall–Kier alpha value is -0.830. The fourth-order valence-electron chi connectivity index (χ4n) is 1.02. The van der Waals surface area contributed by atoms with Crippen LogP contribution in [0.3, 0.4) is 0 Å². The van der Waals surface area contributed by atoms with Gasteiger partial charge in [0.2, 0.25) is 0 Å². The first-order chi connectivity index (χ1) is 7.99. The molecular weight excluding hydrogens is 279 g/mol. The monoisotopic (exact) mass is 288 g/mol. The number of nitrogens with zero attached hydrogens (tertiary/aromatic N) is 2. The third kappa shape index (κ3) is 5.35. The molecule has 0 amide bonds. The van der Waals surface area contributed by atoms with Crippen molar-refractivity contribution in [3.63, 3.8) is 0 Å². The zero-order chi connectivity index (χ0) is 12.8. The Balaban J connectivity index is 0.000000171. The van der Waals surface area contributed by atoms with Gasteiger partial charge in [0.25, 0.3) is 0 Å². The highest BCUT2D eigenvalue weighted by molar-refractivity contribution is 6.41. The van der Waals surface area contributed by atoms with Gasteiger partial charge in [-0.05, 0) is 38.1 Å². The van der Waals surface area contributed by atoms with Crippen LogP contribution in [0.4, 0.5) is 0 Å². The average molecular weight is 290 g/mol. The van der Waals surface area contributed by atoms with Gasteiger partial charge in [-0.3, -0.25) is 0 Å². The first-order valence-electron chi connectivity index (χ1n) is 4.87. The van der Waals surface area contributed by atoms with Gasteiger partial charge in [-0.1, -0.05) is 40.9 Å². The minimum absolute atomic E-state index is 0.372. The molecule has 0 saturated carbocycles. The summed E-state index contributed by atoms with van der Waals surface area (Å²) in [6.45, 7) is 3.77. The van der Waals surface area contributed by atoms with Gasteiger partial charge >= 0.3 is 0 Å². The second-order valence-corrected chi connectivity index (χ2v) is 4.48. The standard InChI is InChI=1S/C6H5Cl2N.C6H6ClN/c1-4-2-3-5(7)6(8)9-4;1-5-3-2-4-6(7)8-5/h2-3H,1H3;2-4H,1H3. The summed E-state index contributed by atoms with van der Waals surface area (Å²) in [5.74, 6) is 0. The summed E-state index contributed by atoms with van der Waals surface area (Å²) in [5.41, 5.74) is 1.84. The highest BCUT2D eigenvalue weighted by Crippen LogP contribution is 2.18. The van der Waals surface area contributed by atoms with Crippen molar-refractivity contribution in [3.8, 4) is 0 Å². The molecule has 0 aliphatic heterocycles. The van der Waals surface area contributed by atoms with Gasteiger partial charge in [-0.25, -0.2) is 9.97 Å². The number of aryl methyl sites for hydroxylation is 2. The van der Waals surface area contributed by atoms with E-state index >= 15 is 0 Å². The highest BCUT2D eigenvalue weighted by atomic mass is 35.5. The van der Waals surface area contributed by atoms with Crippen LogP contribution < -0.4 is 0 Å².